The Labute approximate surface area is 111 Å². The number of hydrogen-bond acceptors (Lipinski definition) is 7. The first-order valence-corrected chi connectivity index (χ1v) is 5.55. The van der Waals surface area contributed by atoms with Gasteiger partial charge in [0.25, 0.3) is 0 Å². The highest BCUT2D eigenvalue weighted by atomic mass is 17.1. The molecule has 8 nitrogen and oxygen atoms in total. The summed E-state index contributed by atoms with van der Waals surface area (Å²) in [5.41, 5.74) is 1.32. The molecule has 20 heavy (non-hydrogen) atoms. The molecule has 0 amide bonds. The Hall–Kier alpha value is -2.84. The summed E-state index contributed by atoms with van der Waals surface area (Å²) in [7, 11) is 0. The van der Waals surface area contributed by atoms with E-state index in [4.69, 9.17) is 10.5 Å². The van der Waals surface area contributed by atoms with Gasteiger partial charge < -0.3 is 14.9 Å². The number of phenols is 1. The third-order valence-electron chi connectivity index (χ3n) is 2.73. The average molecular weight is 275 g/mol. The van der Waals surface area contributed by atoms with Gasteiger partial charge in [0.2, 0.25) is 5.75 Å². The van der Waals surface area contributed by atoms with Crippen LogP contribution >= 0.6 is 0 Å². The first kappa shape index (κ1) is 12.2. The van der Waals surface area contributed by atoms with Crippen LogP contribution in [0.3, 0.4) is 0 Å². The van der Waals surface area contributed by atoms with Crippen LogP contribution in [-0.2, 0) is 0 Å². The van der Waals surface area contributed by atoms with Crippen molar-refractivity contribution in [3.8, 4) is 22.9 Å². The Morgan fingerprint density at radius 2 is 1.60 bits per heavy atom. The number of aromatic nitrogens is 3. The van der Waals surface area contributed by atoms with Gasteiger partial charge in [-0.25, -0.2) is 10.5 Å². The number of aromatic hydroxyl groups is 1. The van der Waals surface area contributed by atoms with Crippen LogP contribution in [0.2, 0.25) is 0 Å². The van der Waals surface area contributed by atoms with Crippen LogP contribution in [0.1, 0.15) is 0 Å². The van der Waals surface area contributed by atoms with Crippen LogP contribution in [0.4, 0.5) is 0 Å². The lowest BCUT2D eigenvalue weighted by atomic mass is 10.2. The molecule has 0 atom stereocenters. The molecular formula is C12H9N3O5. The van der Waals surface area contributed by atoms with Gasteiger partial charge in [0.1, 0.15) is 16.7 Å². The number of benzene rings is 2. The van der Waals surface area contributed by atoms with Crippen molar-refractivity contribution >= 4 is 11.0 Å². The molecule has 3 rings (SSSR count). The molecular weight excluding hydrogens is 266 g/mol. The fraction of sp³-hybridized carbons (Fsp3) is 0. The van der Waals surface area contributed by atoms with Crippen LogP contribution < -0.4 is 9.78 Å². The maximum atomic E-state index is 9.96. The second-order valence-corrected chi connectivity index (χ2v) is 3.95. The van der Waals surface area contributed by atoms with Crippen molar-refractivity contribution in [1.29, 1.82) is 0 Å². The minimum Gasteiger partial charge on any atom is -0.503 e. The Morgan fingerprint density at radius 1 is 0.950 bits per heavy atom. The minimum absolute atomic E-state index is 0.0526. The molecule has 0 aliphatic heterocycles. The van der Waals surface area contributed by atoms with Gasteiger partial charge in [0, 0.05) is 12.1 Å². The van der Waals surface area contributed by atoms with E-state index < -0.39 is 5.75 Å². The first-order valence-electron chi connectivity index (χ1n) is 5.55. The predicted octanol–water partition coefficient (Wildman–Crippen LogP) is 1.83. The van der Waals surface area contributed by atoms with E-state index in [1.807, 2.05) is 0 Å². The fourth-order valence-corrected chi connectivity index (χ4v) is 1.81. The van der Waals surface area contributed by atoms with Gasteiger partial charge in [-0.1, -0.05) is 12.1 Å². The molecule has 0 spiro atoms. The number of nitrogens with zero attached hydrogens (tertiary/aromatic N) is 3. The molecule has 0 radical (unpaired) electrons. The zero-order valence-corrected chi connectivity index (χ0v) is 9.96. The Morgan fingerprint density at radius 3 is 2.15 bits per heavy atom. The zero-order chi connectivity index (χ0) is 14.1. The highest BCUT2D eigenvalue weighted by molar-refractivity contribution is 5.74. The van der Waals surface area contributed by atoms with E-state index in [0.29, 0.717) is 11.0 Å². The van der Waals surface area contributed by atoms with Crippen molar-refractivity contribution in [2.75, 3.05) is 0 Å². The molecule has 3 aromatic rings. The monoisotopic (exact) mass is 275 g/mol. The molecule has 0 aliphatic rings. The van der Waals surface area contributed by atoms with Crippen LogP contribution in [-0.4, -0.2) is 30.6 Å². The van der Waals surface area contributed by atoms with Gasteiger partial charge >= 0.3 is 0 Å². The molecule has 0 saturated heterocycles. The van der Waals surface area contributed by atoms with Crippen LogP contribution in [0, 0.1) is 0 Å². The number of phenolic OH excluding ortho intramolecular Hbond substituents is 1. The molecule has 0 unspecified atom stereocenters. The standard InChI is InChI=1S/C12H9N3O5/c16-12-10(5-7(19-17)6-11(12)20-18)15-13-8-3-1-2-4-9(8)14-15/h1-6,16-18H. The van der Waals surface area contributed by atoms with Crippen molar-refractivity contribution in [1.82, 2.24) is 15.0 Å². The van der Waals surface area contributed by atoms with E-state index in [1.54, 1.807) is 24.3 Å². The van der Waals surface area contributed by atoms with E-state index in [2.05, 4.69) is 20.0 Å². The second kappa shape index (κ2) is 4.68. The molecule has 102 valence electrons. The second-order valence-electron chi connectivity index (χ2n) is 3.95. The van der Waals surface area contributed by atoms with Gasteiger partial charge in [-0.15, -0.1) is 15.0 Å². The Balaban J connectivity index is 2.22. The predicted molar refractivity (Wildman–Crippen MR) is 67.0 cm³/mol. The molecule has 1 heterocycles. The molecule has 0 fully saturated rings. The topological polar surface area (TPSA) is 110 Å². The quantitative estimate of drug-likeness (QED) is 0.494. The molecule has 0 saturated carbocycles. The van der Waals surface area contributed by atoms with Crippen molar-refractivity contribution in [3.63, 3.8) is 0 Å². The third kappa shape index (κ3) is 1.88. The van der Waals surface area contributed by atoms with Crippen molar-refractivity contribution < 1.29 is 25.4 Å². The van der Waals surface area contributed by atoms with Crippen molar-refractivity contribution in [2.45, 2.75) is 0 Å². The molecule has 3 N–H and O–H groups in total. The SMILES string of the molecule is OOc1cc(OO)c(O)c(-n2nc3ccccc3n2)c1. The number of rotatable bonds is 3. The summed E-state index contributed by atoms with van der Waals surface area (Å²) < 4.78 is 0. The van der Waals surface area contributed by atoms with Gasteiger partial charge in [0.15, 0.2) is 11.5 Å². The largest absolute Gasteiger partial charge is 0.503 e. The molecule has 0 aliphatic carbocycles. The Kier molecular flexibility index (Phi) is 2.86. The average Bonchev–Trinajstić information content (AvgIpc) is 2.91. The normalized spacial score (nSPS) is 10.7. The smallest absolute Gasteiger partial charge is 0.212 e. The summed E-state index contributed by atoms with van der Waals surface area (Å²) in [6.07, 6.45) is 0. The van der Waals surface area contributed by atoms with E-state index in [9.17, 15) is 5.11 Å². The first-order chi connectivity index (χ1) is 9.72. The molecule has 1 aromatic heterocycles. The lowest BCUT2D eigenvalue weighted by molar-refractivity contribution is -0.145. The summed E-state index contributed by atoms with van der Waals surface area (Å²) in [4.78, 5) is 9.23. The highest BCUT2D eigenvalue weighted by Crippen LogP contribution is 2.36. The van der Waals surface area contributed by atoms with Crippen molar-refractivity contribution in [3.05, 3.63) is 36.4 Å². The summed E-state index contributed by atoms with van der Waals surface area (Å²) in [6.45, 7) is 0. The van der Waals surface area contributed by atoms with E-state index in [0.717, 1.165) is 10.9 Å². The van der Waals surface area contributed by atoms with Gasteiger partial charge in [-0.05, 0) is 12.1 Å². The van der Waals surface area contributed by atoms with Crippen LogP contribution in [0.5, 0.6) is 17.2 Å². The van der Waals surface area contributed by atoms with Gasteiger partial charge in [0.05, 0.1) is 0 Å². The van der Waals surface area contributed by atoms with E-state index in [1.165, 1.54) is 6.07 Å². The van der Waals surface area contributed by atoms with Gasteiger partial charge in [-0.3, -0.25) is 0 Å². The summed E-state index contributed by atoms with van der Waals surface area (Å²) in [6, 6.07) is 9.50. The molecule has 0 bridgehead atoms. The van der Waals surface area contributed by atoms with E-state index in [-0.39, 0.29) is 17.2 Å². The molecule has 2 aromatic carbocycles. The van der Waals surface area contributed by atoms with Gasteiger partial charge in [-0.2, -0.15) is 0 Å². The van der Waals surface area contributed by atoms with Crippen LogP contribution in [0.15, 0.2) is 36.4 Å². The van der Waals surface area contributed by atoms with Crippen molar-refractivity contribution in [2.24, 2.45) is 0 Å². The number of fused-ring (bicyclic) bond motifs is 1. The third-order valence-corrected chi connectivity index (χ3v) is 2.73. The molecule has 8 heteroatoms. The van der Waals surface area contributed by atoms with Crippen LogP contribution in [0.25, 0.3) is 16.7 Å². The maximum Gasteiger partial charge on any atom is 0.212 e. The highest BCUT2D eigenvalue weighted by Gasteiger charge is 2.16. The summed E-state index contributed by atoms with van der Waals surface area (Å²) >= 11 is 0. The lowest BCUT2D eigenvalue weighted by Gasteiger charge is -2.08. The fourth-order valence-electron chi connectivity index (χ4n) is 1.81. The van der Waals surface area contributed by atoms with E-state index >= 15 is 0 Å². The minimum atomic E-state index is -0.395. The number of hydrogen-bond donors (Lipinski definition) is 3. The maximum absolute atomic E-state index is 9.96. The lowest BCUT2D eigenvalue weighted by Crippen LogP contribution is -2.01. The summed E-state index contributed by atoms with van der Waals surface area (Å²) in [5, 5.41) is 35.7. The summed E-state index contributed by atoms with van der Waals surface area (Å²) in [5.74, 6) is -0.746. The zero-order valence-electron chi connectivity index (χ0n) is 9.96. The Bertz CT molecular complexity index is 738.